The van der Waals surface area contributed by atoms with Gasteiger partial charge >= 0.3 is 23.9 Å². The van der Waals surface area contributed by atoms with E-state index in [9.17, 15) is 24.0 Å². The summed E-state index contributed by atoms with van der Waals surface area (Å²) in [5.74, 6) is -4.80. The molecule has 254 valence electrons. The fourth-order valence-corrected chi connectivity index (χ4v) is 4.50. The van der Waals surface area contributed by atoms with E-state index in [0.717, 1.165) is 45.8 Å². The fraction of sp³-hybridized carbons (Fsp3) is 0.364. The van der Waals surface area contributed by atoms with Gasteiger partial charge in [0.1, 0.15) is 6.10 Å². The number of piperazine rings is 1. The van der Waals surface area contributed by atoms with Crippen molar-refractivity contribution >= 4 is 29.8 Å². The van der Waals surface area contributed by atoms with Gasteiger partial charge in [-0.2, -0.15) is 0 Å². The number of rotatable bonds is 12. The molecule has 4 N–H and O–H groups in total. The third kappa shape index (κ3) is 16.8. The minimum atomic E-state index is -1.26. The summed E-state index contributed by atoms with van der Waals surface area (Å²) in [6.45, 7) is 8.67. The number of hydrogen-bond donors (Lipinski definition) is 4. The normalized spacial score (nSPS) is 15.4. The molecule has 2 aliphatic heterocycles. The van der Waals surface area contributed by atoms with Crippen molar-refractivity contribution in [1.82, 2.24) is 14.7 Å². The van der Waals surface area contributed by atoms with Gasteiger partial charge in [-0.25, -0.2) is 19.2 Å². The Hall–Kier alpha value is -4.89. The number of hydrogen-bond acceptors (Lipinski definition) is 9. The molecule has 2 aliphatic rings. The second kappa shape index (κ2) is 21.8. The second-order valence-corrected chi connectivity index (χ2v) is 10.2. The van der Waals surface area contributed by atoms with E-state index in [-0.39, 0.29) is 12.0 Å². The number of carbonyl (C=O) groups is 5. The van der Waals surface area contributed by atoms with Crippen molar-refractivity contribution in [2.45, 2.75) is 6.10 Å². The van der Waals surface area contributed by atoms with Crippen LogP contribution < -0.4 is 0 Å². The Kier molecular flexibility index (Phi) is 17.7. The highest BCUT2D eigenvalue weighted by atomic mass is 16.5. The standard InChI is InChI=1S/C25H33N3O3.2C4H4O4/c29-24(28-16-18-30-19-17-28)21-27-13-11-26(12-14-27)15-20-31-25(22-7-3-1-4-8-22)23-9-5-2-6-10-23;2*5-3(6)1-2-4(7)8/h1-10,25H,11-21H2;2*1-2H,(H,5,6)(H,7,8)/b;2*2-1+. The van der Waals surface area contributed by atoms with Gasteiger partial charge in [-0.3, -0.25) is 14.6 Å². The van der Waals surface area contributed by atoms with E-state index in [2.05, 4.69) is 58.3 Å². The van der Waals surface area contributed by atoms with Gasteiger partial charge in [-0.05, 0) is 11.1 Å². The number of nitrogens with zero attached hydrogens (tertiary/aromatic N) is 3. The van der Waals surface area contributed by atoms with E-state index < -0.39 is 23.9 Å². The Bertz CT molecular complexity index is 1220. The van der Waals surface area contributed by atoms with Crippen LogP contribution in [0.2, 0.25) is 0 Å². The van der Waals surface area contributed by atoms with Crippen molar-refractivity contribution in [2.24, 2.45) is 0 Å². The van der Waals surface area contributed by atoms with Crippen molar-refractivity contribution in [3.05, 3.63) is 96.1 Å². The molecule has 0 unspecified atom stereocenters. The molecule has 2 heterocycles. The Morgan fingerprint density at radius 1 is 0.638 bits per heavy atom. The summed E-state index contributed by atoms with van der Waals surface area (Å²) in [6.07, 6.45) is 2.19. The number of carboxylic acids is 4. The molecule has 0 bridgehead atoms. The summed E-state index contributed by atoms with van der Waals surface area (Å²) in [5.41, 5.74) is 2.36. The van der Waals surface area contributed by atoms with E-state index in [0.29, 0.717) is 50.7 Å². The van der Waals surface area contributed by atoms with Gasteiger partial charge in [0.05, 0.1) is 26.4 Å². The molecule has 1 amide bonds. The summed E-state index contributed by atoms with van der Waals surface area (Å²) in [7, 11) is 0. The fourth-order valence-electron chi connectivity index (χ4n) is 4.50. The van der Waals surface area contributed by atoms with Gasteiger partial charge in [-0.15, -0.1) is 0 Å². The van der Waals surface area contributed by atoms with Crippen molar-refractivity contribution in [3.63, 3.8) is 0 Å². The molecule has 0 aromatic heterocycles. The molecule has 0 aliphatic carbocycles. The van der Waals surface area contributed by atoms with Crippen LogP contribution in [0.15, 0.2) is 85.0 Å². The molecule has 14 heteroatoms. The minimum absolute atomic E-state index is 0.0465. The third-order valence-corrected chi connectivity index (χ3v) is 6.82. The number of carbonyl (C=O) groups excluding carboxylic acids is 1. The average Bonchev–Trinajstić information content (AvgIpc) is 3.07. The van der Waals surface area contributed by atoms with E-state index in [1.54, 1.807) is 0 Å². The van der Waals surface area contributed by atoms with Crippen molar-refractivity contribution in [3.8, 4) is 0 Å². The predicted octanol–water partition coefficient (Wildman–Crippen LogP) is 1.69. The Labute approximate surface area is 272 Å². The lowest BCUT2D eigenvalue weighted by molar-refractivity contribution is -0.137. The SMILES string of the molecule is O=C(CN1CCN(CCOC(c2ccccc2)c2ccccc2)CC1)N1CCOCC1.O=C(O)/C=C/C(=O)O.O=C(O)/C=C/C(=O)O. The molecule has 2 saturated heterocycles. The van der Waals surface area contributed by atoms with Crippen LogP contribution in [-0.2, 0) is 33.4 Å². The monoisotopic (exact) mass is 655 g/mol. The molecule has 0 radical (unpaired) electrons. The quantitative estimate of drug-likeness (QED) is 0.242. The molecule has 14 nitrogen and oxygen atoms in total. The molecular formula is C33H41N3O11. The van der Waals surface area contributed by atoms with Gasteiger partial charge in [0.25, 0.3) is 0 Å². The maximum Gasteiger partial charge on any atom is 0.328 e. The van der Waals surface area contributed by atoms with Gasteiger partial charge in [0.2, 0.25) is 5.91 Å². The first-order valence-corrected chi connectivity index (χ1v) is 14.8. The minimum Gasteiger partial charge on any atom is -0.478 e. The van der Waals surface area contributed by atoms with Crippen LogP contribution in [0.5, 0.6) is 0 Å². The van der Waals surface area contributed by atoms with E-state index >= 15 is 0 Å². The Balaban J connectivity index is 0.000000397. The smallest absolute Gasteiger partial charge is 0.328 e. The lowest BCUT2D eigenvalue weighted by Gasteiger charge is -2.36. The summed E-state index contributed by atoms with van der Waals surface area (Å²) in [5, 5.41) is 31.2. The van der Waals surface area contributed by atoms with Crippen molar-refractivity contribution in [1.29, 1.82) is 0 Å². The second-order valence-electron chi connectivity index (χ2n) is 10.2. The number of amides is 1. The number of benzene rings is 2. The van der Waals surface area contributed by atoms with Gasteiger partial charge in [0, 0.05) is 70.1 Å². The maximum absolute atomic E-state index is 12.5. The summed E-state index contributed by atoms with van der Waals surface area (Å²) in [6, 6.07) is 20.8. The van der Waals surface area contributed by atoms with E-state index in [4.69, 9.17) is 29.9 Å². The highest BCUT2D eigenvalue weighted by Gasteiger charge is 2.23. The van der Waals surface area contributed by atoms with Crippen LogP contribution >= 0.6 is 0 Å². The number of aliphatic carboxylic acids is 4. The predicted molar refractivity (Wildman–Crippen MR) is 170 cm³/mol. The highest BCUT2D eigenvalue weighted by molar-refractivity contribution is 5.90. The summed E-state index contributed by atoms with van der Waals surface area (Å²) >= 11 is 0. The zero-order chi connectivity index (χ0) is 34.4. The first-order valence-electron chi connectivity index (χ1n) is 14.8. The maximum atomic E-state index is 12.5. The molecule has 2 fully saturated rings. The van der Waals surface area contributed by atoms with Crippen LogP contribution in [0.4, 0.5) is 0 Å². The topological polar surface area (TPSA) is 194 Å². The molecule has 2 aromatic carbocycles. The summed E-state index contributed by atoms with van der Waals surface area (Å²) in [4.78, 5) is 57.3. The largest absolute Gasteiger partial charge is 0.478 e. The average molecular weight is 656 g/mol. The number of morpholine rings is 1. The summed E-state index contributed by atoms with van der Waals surface area (Å²) < 4.78 is 11.7. The van der Waals surface area contributed by atoms with Crippen molar-refractivity contribution < 1.29 is 53.9 Å². The van der Waals surface area contributed by atoms with Crippen molar-refractivity contribution in [2.75, 3.05) is 72.2 Å². The van der Waals surface area contributed by atoms with Gasteiger partial charge < -0.3 is 34.8 Å². The molecule has 0 spiro atoms. The molecule has 0 saturated carbocycles. The Morgan fingerprint density at radius 3 is 1.45 bits per heavy atom. The van der Waals surface area contributed by atoms with E-state index in [1.165, 1.54) is 11.1 Å². The van der Waals surface area contributed by atoms with E-state index in [1.807, 2.05) is 17.0 Å². The molecule has 47 heavy (non-hydrogen) atoms. The molecular weight excluding hydrogens is 614 g/mol. The third-order valence-electron chi connectivity index (χ3n) is 6.82. The van der Waals surface area contributed by atoms with Crippen LogP contribution in [0.25, 0.3) is 0 Å². The highest BCUT2D eigenvalue weighted by Crippen LogP contribution is 2.25. The van der Waals surface area contributed by atoms with Crippen LogP contribution in [0.1, 0.15) is 17.2 Å². The van der Waals surface area contributed by atoms with Gasteiger partial charge in [-0.1, -0.05) is 60.7 Å². The Morgan fingerprint density at radius 2 is 1.04 bits per heavy atom. The van der Waals surface area contributed by atoms with Crippen LogP contribution in [0, 0.1) is 0 Å². The zero-order valence-electron chi connectivity index (χ0n) is 25.9. The van der Waals surface area contributed by atoms with Crippen LogP contribution in [-0.4, -0.2) is 137 Å². The molecule has 4 rings (SSSR count). The number of carboxylic acid groups (broad SMARTS) is 4. The molecule has 0 atom stereocenters. The lowest BCUT2D eigenvalue weighted by Crippen LogP contribution is -2.51. The first kappa shape index (κ1) is 38.3. The first-order chi connectivity index (χ1) is 22.5. The lowest BCUT2D eigenvalue weighted by atomic mass is 10.0. The zero-order valence-corrected chi connectivity index (χ0v) is 25.9. The number of ether oxygens (including phenoxy) is 2. The van der Waals surface area contributed by atoms with Crippen LogP contribution in [0.3, 0.4) is 0 Å². The molecule has 2 aromatic rings. The van der Waals surface area contributed by atoms with Gasteiger partial charge in [0.15, 0.2) is 0 Å².